The van der Waals surface area contributed by atoms with Crippen LogP contribution < -0.4 is 4.74 Å². The van der Waals surface area contributed by atoms with Gasteiger partial charge in [0.25, 0.3) is 0 Å². The number of rotatable bonds is 3. The molecule has 0 aliphatic heterocycles. The van der Waals surface area contributed by atoms with E-state index in [1.54, 1.807) is 17.2 Å². The van der Waals surface area contributed by atoms with Crippen LogP contribution in [0.1, 0.15) is 13.8 Å². The van der Waals surface area contributed by atoms with E-state index in [4.69, 9.17) is 4.74 Å². The minimum absolute atomic E-state index is 0.321. The predicted molar refractivity (Wildman–Crippen MR) is 83.4 cm³/mol. The van der Waals surface area contributed by atoms with Crippen LogP contribution in [0, 0.1) is 3.57 Å². The third-order valence-corrected chi connectivity index (χ3v) is 3.72. The largest absolute Gasteiger partial charge is 0.415 e. The molecule has 4 nitrogen and oxygen atoms in total. The molecule has 2 aromatic rings. The molecule has 5 heteroatoms. The smallest absolute Gasteiger partial charge is 0.409 e. The van der Waals surface area contributed by atoms with Crippen molar-refractivity contribution < 1.29 is 9.53 Å². The Labute approximate surface area is 125 Å². The number of halogens is 1. The first-order valence-electron chi connectivity index (χ1n) is 6.16. The number of aromatic nitrogens is 1. The molecule has 0 N–H and O–H groups in total. The molecule has 0 unspecified atom stereocenters. The number of ether oxygens (including phenoxy) is 1. The van der Waals surface area contributed by atoms with Crippen molar-refractivity contribution in [2.24, 2.45) is 0 Å². The second kappa shape index (κ2) is 6.18. The second-order valence-corrected chi connectivity index (χ2v) is 5.18. The van der Waals surface area contributed by atoms with Gasteiger partial charge in [0.2, 0.25) is 0 Å². The summed E-state index contributed by atoms with van der Waals surface area (Å²) >= 11 is 2.17. The lowest BCUT2D eigenvalue weighted by molar-refractivity contribution is 0.157. The first-order chi connectivity index (χ1) is 9.15. The highest BCUT2D eigenvalue weighted by molar-refractivity contribution is 14.1. The predicted octanol–water partition coefficient (Wildman–Crippen LogP) is 3.68. The minimum atomic E-state index is -0.321. The van der Waals surface area contributed by atoms with Crippen LogP contribution in [0.2, 0.25) is 0 Å². The van der Waals surface area contributed by atoms with Crippen LogP contribution in [-0.4, -0.2) is 29.1 Å². The topological polar surface area (TPSA) is 42.4 Å². The van der Waals surface area contributed by atoms with Crippen LogP contribution in [0.15, 0.2) is 30.5 Å². The molecular formula is C14H15IN2O2. The fraction of sp³-hybridized carbons (Fsp3) is 0.286. The van der Waals surface area contributed by atoms with Crippen LogP contribution in [0.4, 0.5) is 4.79 Å². The van der Waals surface area contributed by atoms with Gasteiger partial charge in [0.15, 0.2) is 0 Å². The number of hydrogen-bond acceptors (Lipinski definition) is 3. The average molecular weight is 370 g/mol. The van der Waals surface area contributed by atoms with E-state index in [0.29, 0.717) is 18.8 Å². The van der Waals surface area contributed by atoms with Crippen molar-refractivity contribution in [2.45, 2.75) is 13.8 Å². The zero-order valence-corrected chi connectivity index (χ0v) is 13.0. The number of carbonyl (C=O) groups excluding carboxylic acids is 1. The van der Waals surface area contributed by atoms with Gasteiger partial charge in [-0.05, 0) is 48.6 Å². The van der Waals surface area contributed by atoms with Gasteiger partial charge in [0, 0.05) is 30.7 Å². The van der Waals surface area contributed by atoms with Crippen molar-refractivity contribution >= 4 is 39.6 Å². The van der Waals surface area contributed by atoms with Gasteiger partial charge >= 0.3 is 6.09 Å². The zero-order valence-electron chi connectivity index (χ0n) is 10.9. The van der Waals surface area contributed by atoms with Crippen LogP contribution in [0.3, 0.4) is 0 Å². The summed E-state index contributed by atoms with van der Waals surface area (Å²) in [6.07, 6.45) is 1.41. The summed E-state index contributed by atoms with van der Waals surface area (Å²) in [7, 11) is 0. The maximum absolute atomic E-state index is 11.9. The molecule has 0 fully saturated rings. The van der Waals surface area contributed by atoms with Gasteiger partial charge in [-0.25, -0.2) is 4.79 Å². The lowest BCUT2D eigenvalue weighted by atomic mass is 10.2. The summed E-state index contributed by atoms with van der Waals surface area (Å²) in [5, 5.41) is 1.04. The average Bonchev–Trinajstić information content (AvgIpc) is 2.41. The highest BCUT2D eigenvalue weighted by atomic mass is 127. The molecule has 0 aliphatic carbocycles. The Bertz CT molecular complexity index is 597. The Kier molecular flexibility index (Phi) is 4.57. The highest BCUT2D eigenvalue weighted by Crippen LogP contribution is 2.26. The molecule has 0 spiro atoms. The van der Waals surface area contributed by atoms with Gasteiger partial charge in [0.05, 0.1) is 9.09 Å². The van der Waals surface area contributed by atoms with Crippen LogP contribution in [-0.2, 0) is 0 Å². The fourth-order valence-electron chi connectivity index (χ4n) is 1.79. The Morgan fingerprint density at radius 1 is 1.37 bits per heavy atom. The SMILES string of the molecule is CCN(CC)C(=O)Oc1cc2ncccc2cc1I. The number of pyridine rings is 1. The minimum Gasteiger partial charge on any atom is -0.409 e. The van der Waals surface area contributed by atoms with Crippen LogP contribution >= 0.6 is 22.6 Å². The quantitative estimate of drug-likeness (QED) is 0.775. The lowest BCUT2D eigenvalue weighted by Crippen LogP contribution is -2.33. The van der Waals surface area contributed by atoms with E-state index >= 15 is 0 Å². The lowest BCUT2D eigenvalue weighted by Gasteiger charge is -2.18. The summed E-state index contributed by atoms with van der Waals surface area (Å²) in [4.78, 5) is 17.8. The maximum Gasteiger partial charge on any atom is 0.415 e. The molecule has 0 saturated heterocycles. The van der Waals surface area contributed by atoms with E-state index in [-0.39, 0.29) is 6.09 Å². The Morgan fingerprint density at radius 3 is 2.79 bits per heavy atom. The normalized spacial score (nSPS) is 10.5. The number of carbonyl (C=O) groups is 1. The third kappa shape index (κ3) is 3.15. The molecule has 0 saturated carbocycles. The van der Waals surface area contributed by atoms with E-state index in [1.165, 1.54) is 0 Å². The molecule has 19 heavy (non-hydrogen) atoms. The van der Waals surface area contributed by atoms with E-state index in [9.17, 15) is 4.79 Å². The number of fused-ring (bicyclic) bond motifs is 1. The molecule has 100 valence electrons. The third-order valence-electron chi connectivity index (χ3n) is 2.88. The van der Waals surface area contributed by atoms with E-state index < -0.39 is 0 Å². The van der Waals surface area contributed by atoms with E-state index in [2.05, 4.69) is 27.6 Å². The van der Waals surface area contributed by atoms with Crippen molar-refractivity contribution in [1.82, 2.24) is 9.88 Å². The Balaban J connectivity index is 2.30. The standard InChI is InChI=1S/C14H15IN2O2/c1-3-17(4-2)14(18)19-13-9-12-10(8-11(13)15)6-5-7-16-12/h5-9H,3-4H2,1-2H3. The number of amides is 1. The molecule has 1 amide bonds. The van der Waals surface area contributed by atoms with Gasteiger partial charge in [-0.3, -0.25) is 4.98 Å². The van der Waals surface area contributed by atoms with Gasteiger partial charge in [0.1, 0.15) is 5.75 Å². The Hall–Kier alpha value is -1.37. The molecule has 1 aromatic heterocycles. The summed E-state index contributed by atoms with van der Waals surface area (Å²) in [6, 6.07) is 7.65. The molecule has 0 bridgehead atoms. The molecule has 1 heterocycles. The second-order valence-electron chi connectivity index (χ2n) is 4.02. The van der Waals surface area contributed by atoms with Gasteiger partial charge in [-0.2, -0.15) is 0 Å². The molecular weight excluding hydrogens is 355 g/mol. The molecule has 1 aromatic carbocycles. The van der Waals surface area contributed by atoms with Crippen LogP contribution in [0.5, 0.6) is 5.75 Å². The monoisotopic (exact) mass is 370 g/mol. The van der Waals surface area contributed by atoms with Crippen LogP contribution in [0.25, 0.3) is 10.9 Å². The Morgan fingerprint density at radius 2 is 2.11 bits per heavy atom. The number of nitrogens with zero attached hydrogens (tertiary/aromatic N) is 2. The summed E-state index contributed by atoms with van der Waals surface area (Å²) < 4.78 is 6.34. The van der Waals surface area contributed by atoms with Crippen molar-refractivity contribution in [3.05, 3.63) is 34.0 Å². The van der Waals surface area contributed by atoms with Crippen molar-refractivity contribution in [3.63, 3.8) is 0 Å². The zero-order chi connectivity index (χ0) is 13.8. The number of benzene rings is 1. The first-order valence-corrected chi connectivity index (χ1v) is 7.24. The van der Waals surface area contributed by atoms with Crippen molar-refractivity contribution in [1.29, 1.82) is 0 Å². The van der Waals surface area contributed by atoms with E-state index in [1.807, 2.05) is 32.0 Å². The number of hydrogen-bond donors (Lipinski definition) is 0. The van der Waals surface area contributed by atoms with Crippen molar-refractivity contribution in [2.75, 3.05) is 13.1 Å². The van der Waals surface area contributed by atoms with Crippen molar-refractivity contribution in [3.8, 4) is 5.75 Å². The fourth-order valence-corrected chi connectivity index (χ4v) is 2.39. The van der Waals surface area contributed by atoms with Gasteiger partial charge < -0.3 is 9.64 Å². The first kappa shape index (κ1) is 14.0. The van der Waals surface area contributed by atoms with E-state index in [0.717, 1.165) is 14.5 Å². The molecule has 0 radical (unpaired) electrons. The molecule has 0 aliphatic rings. The summed E-state index contributed by atoms with van der Waals surface area (Å²) in [5.74, 6) is 0.559. The van der Waals surface area contributed by atoms with Gasteiger partial charge in [-0.1, -0.05) is 6.07 Å². The summed E-state index contributed by atoms with van der Waals surface area (Å²) in [5.41, 5.74) is 0.824. The highest BCUT2D eigenvalue weighted by Gasteiger charge is 2.14. The molecule has 2 rings (SSSR count). The molecule has 0 atom stereocenters. The maximum atomic E-state index is 11.9. The summed E-state index contributed by atoms with van der Waals surface area (Å²) in [6.45, 7) is 5.13. The van der Waals surface area contributed by atoms with Gasteiger partial charge in [-0.15, -0.1) is 0 Å².